The molecule has 0 bridgehead atoms. The van der Waals surface area contributed by atoms with Gasteiger partial charge in [0.2, 0.25) is 0 Å². The first-order valence-corrected chi connectivity index (χ1v) is 19.5. The molecular weight excluding hydrogens is 588 g/mol. The lowest BCUT2D eigenvalue weighted by Gasteiger charge is -1.88. The summed E-state index contributed by atoms with van der Waals surface area (Å²) in [5, 5.41) is 0. The summed E-state index contributed by atoms with van der Waals surface area (Å²) in [6.45, 7) is -2.14. The first-order chi connectivity index (χ1) is 13.7. The summed E-state index contributed by atoms with van der Waals surface area (Å²) in [5.74, 6) is 0. The summed E-state index contributed by atoms with van der Waals surface area (Å²) in [7, 11) is 0. The SMILES string of the molecule is CCCC.CCCC.CCCC.OP(O)(O)=S.OP(O)(O)=S.OP(O)(O)=S.OP(O)(O)=S. The number of hydrogen-bond acceptors (Lipinski definition) is 4. The molecule has 0 rings (SSSR count). The third-order valence-electron chi connectivity index (χ3n) is 1.50. The smallest absolute Gasteiger partial charge is 0.319 e. The first kappa shape index (κ1) is 50.9. The van der Waals surface area contributed by atoms with Gasteiger partial charge in [-0.3, -0.25) is 0 Å². The maximum absolute atomic E-state index is 7.56. The van der Waals surface area contributed by atoms with Gasteiger partial charge in [-0.05, 0) is 47.2 Å². The molecule has 0 aromatic heterocycles. The van der Waals surface area contributed by atoms with E-state index in [0.29, 0.717) is 0 Å². The second kappa shape index (κ2) is 33.1. The van der Waals surface area contributed by atoms with Gasteiger partial charge in [-0.25, -0.2) is 0 Å². The van der Waals surface area contributed by atoms with Gasteiger partial charge in [-0.1, -0.05) is 80.1 Å². The van der Waals surface area contributed by atoms with Crippen LogP contribution in [0.15, 0.2) is 0 Å². The molecule has 0 fully saturated rings. The maximum Gasteiger partial charge on any atom is 0.319 e. The Hall–Kier alpha value is 2.12. The summed E-state index contributed by atoms with van der Waals surface area (Å²) in [4.78, 5) is 90.7. The maximum atomic E-state index is 7.56. The van der Waals surface area contributed by atoms with Crippen LogP contribution in [0.5, 0.6) is 0 Å². The second-order valence-corrected chi connectivity index (χ2v) is 15.0. The zero-order valence-corrected chi connectivity index (χ0v) is 25.9. The molecule has 0 saturated carbocycles. The molecule has 32 heavy (non-hydrogen) atoms. The van der Waals surface area contributed by atoms with E-state index in [1.54, 1.807) is 0 Å². The number of hydrogen-bond donors (Lipinski definition) is 12. The third-order valence-corrected chi connectivity index (χ3v) is 1.50. The van der Waals surface area contributed by atoms with Gasteiger partial charge < -0.3 is 58.7 Å². The van der Waals surface area contributed by atoms with Crippen molar-refractivity contribution in [2.45, 2.75) is 80.1 Å². The van der Waals surface area contributed by atoms with Crippen LogP contribution in [-0.2, 0) is 47.2 Å². The normalized spacial score (nSPS) is 10.2. The van der Waals surface area contributed by atoms with Gasteiger partial charge in [0.25, 0.3) is 0 Å². The van der Waals surface area contributed by atoms with Gasteiger partial charge in [0, 0.05) is 0 Å². The number of rotatable bonds is 3. The third kappa shape index (κ3) is 1190. The number of unbranched alkanes of at least 4 members (excludes halogenated alkanes) is 3. The average Bonchev–Trinajstić information content (AvgIpc) is 2.48. The van der Waals surface area contributed by atoms with Crippen molar-refractivity contribution < 1.29 is 58.7 Å². The molecule has 0 spiro atoms. The Morgan fingerprint density at radius 2 is 0.344 bits per heavy atom. The van der Waals surface area contributed by atoms with Gasteiger partial charge >= 0.3 is 26.9 Å². The largest absolute Gasteiger partial charge is 0.325 e. The fraction of sp³-hybridized carbons (Fsp3) is 1.00. The topological polar surface area (TPSA) is 243 Å². The van der Waals surface area contributed by atoms with Gasteiger partial charge in [0.15, 0.2) is 0 Å². The van der Waals surface area contributed by atoms with Crippen molar-refractivity contribution in [2.75, 3.05) is 0 Å². The van der Waals surface area contributed by atoms with Crippen molar-refractivity contribution in [3.05, 3.63) is 0 Å². The highest BCUT2D eigenvalue weighted by atomic mass is 32.5. The van der Waals surface area contributed by atoms with Crippen LogP contribution >= 0.6 is 26.9 Å². The van der Waals surface area contributed by atoms with Crippen LogP contribution in [0.4, 0.5) is 0 Å². The zero-order chi connectivity index (χ0) is 28.2. The van der Waals surface area contributed by atoms with Crippen molar-refractivity contribution in [1.82, 2.24) is 0 Å². The van der Waals surface area contributed by atoms with E-state index < -0.39 is 26.9 Å². The Kier molecular flexibility index (Phi) is 52.7. The summed E-state index contributed by atoms with van der Waals surface area (Å²) in [6.07, 6.45) is 7.92. The molecule has 0 aromatic rings. The highest BCUT2D eigenvalue weighted by molar-refractivity contribution is 8.07. The van der Waals surface area contributed by atoms with Crippen molar-refractivity contribution in [2.24, 2.45) is 0 Å². The molecule has 0 aliphatic rings. The van der Waals surface area contributed by atoms with E-state index >= 15 is 0 Å². The van der Waals surface area contributed by atoms with Gasteiger partial charge in [-0.2, -0.15) is 0 Å². The minimum absolute atomic E-state index is 1.32. The molecule has 12 N–H and O–H groups in total. The van der Waals surface area contributed by atoms with Crippen LogP contribution in [-0.4, -0.2) is 58.7 Å². The Balaban J connectivity index is -0.0000000457. The van der Waals surface area contributed by atoms with Crippen LogP contribution in [0, 0.1) is 0 Å². The van der Waals surface area contributed by atoms with E-state index in [1.165, 1.54) is 38.5 Å². The predicted molar refractivity (Wildman–Crippen MR) is 146 cm³/mol. The Morgan fingerprint density at radius 1 is 0.312 bits per heavy atom. The minimum Gasteiger partial charge on any atom is -0.325 e. The first-order valence-electron chi connectivity index (χ1n) is 8.87. The lowest BCUT2D eigenvalue weighted by atomic mass is 10.4. The van der Waals surface area contributed by atoms with Gasteiger partial charge in [0.05, 0.1) is 0 Å². The lowest BCUT2D eigenvalue weighted by Crippen LogP contribution is -1.65. The van der Waals surface area contributed by atoms with E-state index in [2.05, 4.69) is 88.8 Å². The molecule has 0 saturated heterocycles. The monoisotopic (exact) mass is 630 g/mol. The van der Waals surface area contributed by atoms with E-state index in [0.717, 1.165) is 0 Å². The molecule has 20 heteroatoms. The molecular formula is C12H42O12P4S4. The van der Waals surface area contributed by atoms with Crippen LogP contribution in [0.2, 0.25) is 0 Å². The molecule has 0 atom stereocenters. The minimum atomic E-state index is -3.81. The van der Waals surface area contributed by atoms with Crippen molar-refractivity contribution in [3.63, 3.8) is 0 Å². The molecule has 0 radical (unpaired) electrons. The molecule has 0 aliphatic carbocycles. The predicted octanol–water partition coefficient (Wildman–Crippen LogP) is 2.17. The van der Waals surface area contributed by atoms with E-state index in [4.69, 9.17) is 58.7 Å². The van der Waals surface area contributed by atoms with Crippen LogP contribution in [0.1, 0.15) is 80.1 Å². The fourth-order valence-electron chi connectivity index (χ4n) is 0. The molecule has 0 heterocycles. The van der Waals surface area contributed by atoms with Crippen molar-refractivity contribution in [1.29, 1.82) is 0 Å². The van der Waals surface area contributed by atoms with Gasteiger partial charge in [0.1, 0.15) is 0 Å². The summed E-state index contributed by atoms with van der Waals surface area (Å²) in [5.41, 5.74) is 0. The van der Waals surface area contributed by atoms with E-state index in [1.807, 2.05) is 0 Å². The molecule has 0 aromatic carbocycles. The molecule has 206 valence electrons. The van der Waals surface area contributed by atoms with Crippen LogP contribution < -0.4 is 0 Å². The van der Waals surface area contributed by atoms with Crippen molar-refractivity contribution >= 4 is 74.1 Å². The Labute approximate surface area is 212 Å². The summed E-state index contributed by atoms with van der Waals surface area (Å²) < 4.78 is 0. The zero-order valence-electron chi connectivity index (χ0n) is 19.0. The fourth-order valence-corrected chi connectivity index (χ4v) is 0. The summed E-state index contributed by atoms with van der Waals surface area (Å²) >= 11 is 14.4. The average molecular weight is 631 g/mol. The standard InChI is InChI=1S/3C4H10.4H3O3PS/c3*1-3-4-2;4*1-4(2,3)5/h3*3-4H2,1-2H3;4*(H3,1,2,3,5). The highest BCUT2D eigenvalue weighted by Crippen LogP contribution is 2.27. The molecule has 0 unspecified atom stereocenters. The quantitative estimate of drug-likeness (QED) is 0.200. The highest BCUT2D eigenvalue weighted by Gasteiger charge is 1.93. The molecule has 0 amide bonds. The van der Waals surface area contributed by atoms with Crippen LogP contribution in [0.25, 0.3) is 0 Å². The molecule has 0 aliphatic heterocycles. The van der Waals surface area contributed by atoms with Crippen LogP contribution in [0.3, 0.4) is 0 Å². The second-order valence-electron chi connectivity index (χ2n) is 5.05. The Morgan fingerprint density at radius 3 is 0.344 bits per heavy atom. The lowest BCUT2D eigenvalue weighted by molar-refractivity contribution is 0.361. The molecule has 12 nitrogen and oxygen atoms in total. The van der Waals surface area contributed by atoms with Gasteiger partial charge in [-0.15, -0.1) is 0 Å². The van der Waals surface area contributed by atoms with Crippen molar-refractivity contribution in [3.8, 4) is 0 Å². The van der Waals surface area contributed by atoms with E-state index in [-0.39, 0.29) is 0 Å². The summed E-state index contributed by atoms with van der Waals surface area (Å²) in [6, 6.07) is 0. The van der Waals surface area contributed by atoms with E-state index in [9.17, 15) is 0 Å². The Bertz CT molecular complexity index is 390.